The molecule has 0 saturated carbocycles. The lowest BCUT2D eigenvalue weighted by atomic mass is 10.2. The van der Waals surface area contributed by atoms with Gasteiger partial charge in [0.2, 0.25) is 0 Å². The van der Waals surface area contributed by atoms with E-state index in [1.807, 2.05) is 60.7 Å². The van der Waals surface area contributed by atoms with Crippen LogP contribution in [0.2, 0.25) is 0 Å². The van der Waals surface area contributed by atoms with Crippen LogP contribution in [0, 0.1) is 0 Å². The van der Waals surface area contributed by atoms with Gasteiger partial charge in [-0.3, -0.25) is 0 Å². The molecule has 4 aromatic rings. The van der Waals surface area contributed by atoms with Crippen LogP contribution in [0.4, 0.5) is 34.1 Å². The number of azo groups is 3. The minimum atomic E-state index is 0.0116. The van der Waals surface area contributed by atoms with E-state index in [0.29, 0.717) is 34.1 Å². The number of hydrogen-bond acceptors (Lipinski definition) is 8. The standard InChI is InChI=1S/C24H18N6O2/c31-19-11-13-21(27-25-17-7-3-1-4-8-17)23(15-19)29-30-24-16-20(32)12-14-22(24)28-26-18-9-5-2-6-10-18/h1-16,31-32H. The van der Waals surface area contributed by atoms with Crippen molar-refractivity contribution in [3.8, 4) is 11.5 Å². The molecule has 4 aromatic carbocycles. The van der Waals surface area contributed by atoms with Gasteiger partial charge in [-0.1, -0.05) is 36.4 Å². The van der Waals surface area contributed by atoms with Gasteiger partial charge in [-0.05, 0) is 48.5 Å². The maximum atomic E-state index is 9.88. The summed E-state index contributed by atoms with van der Waals surface area (Å²) in [6.45, 7) is 0. The number of benzene rings is 4. The molecular formula is C24H18N6O2. The highest BCUT2D eigenvalue weighted by atomic mass is 16.3. The summed E-state index contributed by atoms with van der Waals surface area (Å²) in [6, 6.07) is 27.5. The average molecular weight is 422 g/mol. The molecule has 0 aromatic heterocycles. The fourth-order valence-corrected chi connectivity index (χ4v) is 2.67. The minimum Gasteiger partial charge on any atom is -0.508 e. The molecule has 2 N–H and O–H groups in total. The smallest absolute Gasteiger partial charge is 0.117 e. The van der Waals surface area contributed by atoms with Gasteiger partial charge in [-0.2, -0.15) is 10.2 Å². The summed E-state index contributed by atoms with van der Waals surface area (Å²) in [7, 11) is 0. The van der Waals surface area contributed by atoms with Crippen molar-refractivity contribution in [2.24, 2.45) is 30.7 Å². The highest BCUT2D eigenvalue weighted by molar-refractivity contribution is 5.66. The average Bonchev–Trinajstić information content (AvgIpc) is 2.83. The Kier molecular flexibility index (Phi) is 6.33. The monoisotopic (exact) mass is 422 g/mol. The van der Waals surface area contributed by atoms with Crippen LogP contribution in [-0.4, -0.2) is 10.2 Å². The van der Waals surface area contributed by atoms with Crippen LogP contribution in [0.25, 0.3) is 0 Å². The first-order valence-electron chi connectivity index (χ1n) is 9.69. The van der Waals surface area contributed by atoms with E-state index in [1.165, 1.54) is 24.3 Å². The second-order valence-corrected chi connectivity index (χ2v) is 6.62. The van der Waals surface area contributed by atoms with Crippen molar-refractivity contribution < 1.29 is 10.2 Å². The Labute approximate surface area is 184 Å². The third kappa shape index (κ3) is 5.45. The lowest BCUT2D eigenvalue weighted by Crippen LogP contribution is -1.72. The maximum Gasteiger partial charge on any atom is 0.117 e. The SMILES string of the molecule is Oc1ccc(N=Nc2ccccc2)c(N=Nc2cc(O)ccc2N=Nc2ccccc2)c1. The Bertz CT molecular complexity index is 1190. The molecule has 0 atom stereocenters. The van der Waals surface area contributed by atoms with E-state index in [4.69, 9.17) is 0 Å². The van der Waals surface area contributed by atoms with E-state index in [9.17, 15) is 10.2 Å². The van der Waals surface area contributed by atoms with Crippen molar-refractivity contribution in [2.75, 3.05) is 0 Å². The zero-order valence-electron chi connectivity index (χ0n) is 16.8. The van der Waals surface area contributed by atoms with Gasteiger partial charge in [0.25, 0.3) is 0 Å². The summed E-state index contributed by atoms with van der Waals surface area (Å²) >= 11 is 0. The van der Waals surface area contributed by atoms with Crippen LogP contribution in [0.3, 0.4) is 0 Å². The zero-order valence-corrected chi connectivity index (χ0v) is 16.8. The molecule has 0 bridgehead atoms. The summed E-state index contributed by atoms with van der Waals surface area (Å²) in [5.41, 5.74) is 2.81. The Balaban J connectivity index is 1.65. The van der Waals surface area contributed by atoms with Gasteiger partial charge in [0.15, 0.2) is 0 Å². The first-order chi connectivity index (χ1) is 15.7. The van der Waals surface area contributed by atoms with Crippen molar-refractivity contribution in [1.82, 2.24) is 0 Å². The molecule has 0 spiro atoms. The normalized spacial score (nSPS) is 11.6. The van der Waals surface area contributed by atoms with Gasteiger partial charge in [-0.15, -0.1) is 20.5 Å². The van der Waals surface area contributed by atoms with E-state index in [0.717, 1.165) is 0 Å². The number of phenolic OH excluding ortho intramolecular Hbond substituents is 2. The summed E-state index contributed by atoms with van der Waals surface area (Å²) < 4.78 is 0. The summed E-state index contributed by atoms with van der Waals surface area (Å²) in [5.74, 6) is 0.0232. The minimum absolute atomic E-state index is 0.0116. The number of rotatable bonds is 6. The number of phenols is 2. The van der Waals surface area contributed by atoms with Crippen LogP contribution in [0.1, 0.15) is 0 Å². The molecule has 8 heteroatoms. The van der Waals surface area contributed by atoms with Crippen LogP contribution in [0.5, 0.6) is 11.5 Å². The predicted octanol–water partition coefficient (Wildman–Crippen LogP) is 8.34. The molecule has 4 rings (SSSR count). The lowest BCUT2D eigenvalue weighted by Gasteiger charge is -2.02. The molecule has 0 heterocycles. The van der Waals surface area contributed by atoms with Crippen LogP contribution in [0.15, 0.2) is 128 Å². The van der Waals surface area contributed by atoms with Gasteiger partial charge in [0, 0.05) is 12.1 Å². The first-order valence-corrected chi connectivity index (χ1v) is 9.69. The van der Waals surface area contributed by atoms with Gasteiger partial charge in [0.05, 0.1) is 11.4 Å². The fourth-order valence-electron chi connectivity index (χ4n) is 2.67. The van der Waals surface area contributed by atoms with E-state index < -0.39 is 0 Å². The van der Waals surface area contributed by atoms with Crippen LogP contribution < -0.4 is 0 Å². The summed E-state index contributed by atoms with van der Waals surface area (Å²) in [6.07, 6.45) is 0. The Morgan fingerprint density at radius 2 is 0.750 bits per heavy atom. The molecule has 32 heavy (non-hydrogen) atoms. The Hall–Kier alpha value is -4.72. The molecule has 8 nitrogen and oxygen atoms in total. The van der Waals surface area contributed by atoms with Crippen molar-refractivity contribution in [2.45, 2.75) is 0 Å². The van der Waals surface area contributed by atoms with E-state index in [2.05, 4.69) is 30.7 Å². The van der Waals surface area contributed by atoms with Crippen molar-refractivity contribution >= 4 is 34.1 Å². The zero-order chi connectivity index (χ0) is 22.2. The van der Waals surface area contributed by atoms with Gasteiger partial charge in [-0.25, -0.2) is 0 Å². The number of nitrogens with zero attached hydrogens (tertiary/aromatic N) is 6. The topological polar surface area (TPSA) is 115 Å². The summed E-state index contributed by atoms with van der Waals surface area (Å²) in [4.78, 5) is 0. The molecule has 0 saturated heterocycles. The van der Waals surface area contributed by atoms with Crippen LogP contribution >= 0.6 is 0 Å². The second-order valence-electron chi connectivity index (χ2n) is 6.62. The molecule has 0 aliphatic rings. The fraction of sp³-hybridized carbons (Fsp3) is 0. The molecular weight excluding hydrogens is 404 g/mol. The maximum absolute atomic E-state index is 9.88. The van der Waals surface area contributed by atoms with Gasteiger partial charge >= 0.3 is 0 Å². The van der Waals surface area contributed by atoms with E-state index in [1.54, 1.807) is 12.1 Å². The quantitative estimate of drug-likeness (QED) is 0.304. The van der Waals surface area contributed by atoms with Gasteiger partial charge in [0.1, 0.15) is 34.2 Å². The molecule has 0 unspecified atom stereocenters. The van der Waals surface area contributed by atoms with E-state index in [-0.39, 0.29) is 11.5 Å². The molecule has 156 valence electrons. The predicted molar refractivity (Wildman–Crippen MR) is 122 cm³/mol. The van der Waals surface area contributed by atoms with Crippen molar-refractivity contribution in [3.63, 3.8) is 0 Å². The van der Waals surface area contributed by atoms with E-state index >= 15 is 0 Å². The highest BCUT2D eigenvalue weighted by Gasteiger charge is 2.06. The molecule has 0 radical (unpaired) electrons. The molecule has 0 amide bonds. The first kappa shape index (κ1) is 20.5. The summed E-state index contributed by atoms with van der Waals surface area (Å²) in [5, 5.41) is 45.0. The van der Waals surface area contributed by atoms with Crippen LogP contribution in [-0.2, 0) is 0 Å². The molecule has 0 aliphatic heterocycles. The van der Waals surface area contributed by atoms with Gasteiger partial charge < -0.3 is 10.2 Å². The largest absolute Gasteiger partial charge is 0.508 e. The molecule has 0 aliphatic carbocycles. The third-order valence-corrected chi connectivity index (χ3v) is 4.24. The highest BCUT2D eigenvalue weighted by Crippen LogP contribution is 2.37. The Morgan fingerprint density at radius 3 is 1.16 bits per heavy atom. The van der Waals surface area contributed by atoms with Crippen molar-refractivity contribution in [3.05, 3.63) is 97.1 Å². The second kappa shape index (κ2) is 9.86. The lowest BCUT2D eigenvalue weighted by molar-refractivity contribution is 0.474. The number of hydrogen-bond donors (Lipinski definition) is 2. The van der Waals surface area contributed by atoms with Crippen molar-refractivity contribution in [1.29, 1.82) is 0 Å². The third-order valence-electron chi connectivity index (χ3n) is 4.24. The molecule has 0 fully saturated rings. The Morgan fingerprint density at radius 1 is 0.375 bits per heavy atom. The number of aromatic hydroxyl groups is 2.